The molecule has 8 heteroatoms. The van der Waals surface area contributed by atoms with E-state index in [1.165, 1.54) is 19.6 Å². The number of anilines is 1. The van der Waals surface area contributed by atoms with Gasteiger partial charge in [-0.1, -0.05) is 25.1 Å². The Kier molecular flexibility index (Phi) is 4.83. The van der Waals surface area contributed by atoms with E-state index in [4.69, 9.17) is 10.5 Å². The molecule has 3 rings (SSSR count). The van der Waals surface area contributed by atoms with Gasteiger partial charge in [-0.15, -0.1) is 0 Å². The van der Waals surface area contributed by atoms with Crippen molar-refractivity contribution in [1.29, 1.82) is 0 Å². The maximum absolute atomic E-state index is 12.5. The number of carbonyl (C=O) groups is 1. The van der Waals surface area contributed by atoms with Gasteiger partial charge in [-0.2, -0.15) is 4.73 Å². The van der Waals surface area contributed by atoms with Gasteiger partial charge in [-0.05, 0) is 6.42 Å². The van der Waals surface area contributed by atoms with Crippen LogP contribution in [0.5, 0.6) is 5.88 Å². The van der Waals surface area contributed by atoms with Crippen LogP contribution in [0.3, 0.4) is 0 Å². The van der Waals surface area contributed by atoms with Crippen LogP contribution in [0.25, 0.3) is 21.9 Å². The van der Waals surface area contributed by atoms with Crippen LogP contribution >= 0.6 is 0 Å². The maximum Gasteiger partial charge on any atom is 0.319 e. The molecule has 3 aromatic rings. The second-order valence-electron chi connectivity index (χ2n) is 5.69. The lowest BCUT2D eigenvalue weighted by Crippen LogP contribution is -2.40. The number of amides is 1. The number of aromatic nitrogens is 3. The zero-order chi connectivity index (χ0) is 18.7. The Labute approximate surface area is 150 Å². The zero-order valence-electron chi connectivity index (χ0n) is 14.5. The quantitative estimate of drug-likeness (QED) is 0.532. The summed E-state index contributed by atoms with van der Waals surface area (Å²) in [5, 5.41) is 16.4. The number of benzene rings is 1. The first-order valence-electron chi connectivity index (χ1n) is 8.15. The molecular formula is C18H19N5O3. The molecule has 0 aliphatic heterocycles. The molecule has 26 heavy (non-hydrogen) atoms. The van der Waals surface area contributed by atoms with Gasteiger partial charge in [0, 0.05) is 23.7 Å². The first-order chi connectivity index (χ1) is 12.6. The number of hydrogen-bond donors (Lipinski definition) is 2. The molecule has 0 radical (unpaired) electrons. The minimum atomic E-state index is -0.493. The van der Waals surface area contributed by atoms with Crippen LogP contribution in [0.2, 0.25) is 0 Å². The molecule has 0 aliphatic rings. The lowest BCUT2D eigenvalue weighted by molar-refractivity contribution is -0.605. The van der Waals surface area contributed by atoms with E-state index in [9.17, 15) is 10.0 Å². The Hall–Kier alpha value is -3.42. The molecule has 0 atom stereocenters. The Morgan fingerprint density at radius 1 is 1.35 bits per heavy atom. The number of ether oxygens (including phenoxy) is 1. The molecular weight excluding hydrogens is 334 g/mol. The van der Waals surface area contributed by atoms with Crippen LogP contribution in [0.1, 0.15) is 23.8 Å². The fourth-order valence-corrected chi connectivity index (χ4v) is 2.81. The summed E-state index contributed by atoms with van der Waals surface area (Å²) in [4.78, 5) is 20.4. The largest absolute Gasteiger partial charge is 0.618 e. The maximum atomic E-state index is 12.5. The average molecular weight is 353 g/mol. The smallest absolute Gasteiger partial charge is 0.319 e. The molecule has 0 fully saturated rings. The van der Waals surface area contributed by atoms with Gasteiger partial charge < -0.3 is 21.0 Å². The summed E-state index contributed by atoms with van der Waals surface area (Å²) in [6.07, 6.45) is 5.09. The topological polar surface area (TPSA) is 117 Å². The normalized spacial score (nSPS) is 10.7. The molecule has 3 N–H and O–H groups in total. The molecule has 2 aromatic heterocycles. The predicted molar refractivity (Wildman–Crippen MR) is 97.5 cm³/mol. The van der Waals surface area contributed by atoms with Crippen molar-refractivity contribution in [2.45, 2.75) is 13.3 Å². The Bertz CT molecular complexity index is 974. The third-order valence-corrected chi connectivity index (χ3v) is 4.03. The molecule has 0 unspecified atom stereocenters. The summed E-state index contributed by atoms with van der Waals surface area (Å²) < 4.78 is 5.79. The summed E-state index contributed by atoms with van der Waals surface area (Å²) in [7, 11) is 1.51. The lowest BCUT2D eigenvalue weighted by Gasteiger charge is -2.13. The molecule has 2 heterocycles. The number of nitrogens with zero attached hydrogens (tertiary/aromatic N) is 3. The fourth-order valence-electron chi connectivity index (χ4n) is 2.81. The lowest BCUT2D eigenvalue weighted by atomic mass is 9.99. The van der Waals surface area contributed by atoms with E-state index >= 15 is 0 Å². The third kappa shape index (κ3) is 2.97. The van der Waals surface area contributed by atoms with Crippen LogP contribution in [0.15, 0.2) is 36.9 Å². The standard InChI is InChI=1S/C18H19N5O3/c1-3-7-21-17(24)16-15(19)12-6-4-5-11(14(12)9-23(16)25)13-8-20-10-22-18(13)26-2/h4-6,8-10H,3,7,19H2,1-2H3,(H,21,24). The van der Waals surface area contributed by atoms with Gasteiger partial charge in [0.25, 0.3) is 0 Å². The van der Waals surface area contributed by atoms with Crippen LogP contribution in [0, 0.1) is 5.21 Å². The number of hydrogen-bond acceptors (Lipinski definition) is 6. The van der Waals surface area contributed by atoms with Crippen molar-refractivity contribution in [2.24, 2.45) is 0 Å². The molecule has 0 saturated heterocycles. The van der Waals surface area contributed by atoms with Gasteiger partial charge in [-0.3, -0.25) is 4.79 Å². The molecule has 0 saturated carbocycles. The minimum absolute atomic E-state index is 0.112. The first-order valence-corrected chi connectivity index (χ1v) is 8.15. The highest BCUT2D eigenvalue weighted by Gasteiger charge is 2.24. The van der Waals surface area contributed by atoms with Crippen LogP contribution in [-0.2, 0) is 0 Å². The predicted octanol–water partition coefficient (Wildman–Crippen LogP) is 1.66. The molecule has 8 nitrogen and oxygen atoms in total. The van der Waals surface area contributed by atoms with E-state index in [1.807, 2.05) is 13.0 Å². The second-order valence-corrected chi connectivity index (χ2v) is 5.69. The first kappa shape index (κ1) is 17.4. The third-order valence-electron chi connectivity index (χ3n) is 4.03. The molecule has 0 spiro atoms. The minimum Gasteiger partial charge on any atom is -0.618 e. The SMILES string of the molecule is CCCNC(=O)c1c(N)c2cccc(-c3cncnc3OC)c2c[n+]1[O-]. The van der Waals surface area contributed by atoms with Gasteiger partial charge >= 0.3 is 11.6 Å². The van der Waals surface area contributed by atoms with Crippen molar-refractivity contribution in [3.05, 3.63) is 47.8 Å². The Morgan fingerprint density at radius 2 is 2.15 bits per heavy atom. The number of nitrogen functional groups attached to an aromatic ring is 1. The van der Waals surface area contributed by atoms with Crippen molar-refractivity contribution in [2.75, 3.05) is 19.4 Å². The van der Waals surface area contributed by atoms with Crippen molar-refractivity contribution in [3.63, 3.8) is 0 Å². The van der Waals surface area contributed by atoms with Crippen molar-refractivity contribution in [1.82, 2.24) is 15.3 Å². The average Bonchev–Trinajstić information content (AvgIpc) is 2.66. The molecule has 1 amide bonds. The van der Waals surface area contributed by atoms with Gasteiger partial charge in [0.2, 0.25) is 5.88 Å². The number of nitrogens with one attached hydrogen (secondary N) is 1. The monoisotopic (exact) mass is 353 g/mol. The summed E-state index contributed by atoms with van der Waals surface area (Å²) in [5.41, 5.74) is 7.50. The highest BCUT2D eigenvalue weighted by Crippen LogP contribution is 2.34. The van der Waals surface area contributed by atoms with Crippen LogP contribution < -0.4 is 20.5 Å². The van der Waals surface area contributed by atoms with Gasteiger partial charge in [0.1, 0.15) is 12.0 Å². The van der Waals surface area contributed by atoms with Crippen molar-refractivity contribution in [3.8, 4) is 17.0 Å². The number of carbonyl (C=O) groups excluding carboxylic acids is 1. The fraction of sp³-hybridized carbons (Fsp3) is 0.222. The van der Waals surface area contributed by atoms with E-state index in [1.54, 1.807) is 18.3 Å². The van der Waals surface area contributed by atoms with Gasteiger partial charge in [0.05, 0.1) is 18.1 Å². The van der Waals surface area contributed by atoms with Crippen LogP contribution in [-0.4, -0.2) is 29.5 Å². The summed E-state index contributed by atoms with van der Waals surface area (Å²) >= 11 is 0. The van der Waals surface area contributed by atoms with E-state index in [0.717, 1.165) is 6.42 Å². The zero-order valence-corrected chi connectivity index (χ0v) is 14.5. The van der Waals surface area contributed by atoms with E-state index in [0.29, 0.717) is 39.1 Å². The van der Waals surface area contributed by atoms with Crippen molar-refractivity contribution < 1.29 is 14.3 Å². The number of pyridine rings is 1. The molecule has 0 bridgehead atoms. The number of fused-ring (bicyclic) bond motifs is 1. The van der Waals surface area contributed by atoms with E-state index in [2.05, 4.69) is 15.3 Å². The summed E-state index contributed by atoms with van der Waals surface area (Å²) in [6.45, 7) is 2.39. The van der Waals surface area contributed by atoms with Gasteiger partial charge in [-0.25, -0.2) is 9.97 Å². The summed E-state index contributed by atoms with van der Waals surface area (Å²) in [6, 6.07) is 5.38. The highest BCUT2D eigenvalue weighted by molar-refractivity contribution is 6.08. The van der Waals surface area contributed by atoms with E-state index < -0.39 is 5.91 Å². The molecule has 0 aliphatic carbocycles. The number of rotatable bonds is 5. The second kappa shape index (κ2) is 7.22. The van der Waals surface area contributed by atoms with Crippen LogP contribution in [0.4, 0.5) is 5.69 Å². The molecule has 1 aromatic carbocycles. The van der Waals surface area contributed by atoms with Gasteiger partial charge in [0.15, 0.2) is 6.20 Å². The highest BCUT2D eigenvalue weighted by atomic mass is 16.5. The van der Waals surface area contributed by atoms with E-state index in [-0.39, 0.29) is 11.4 Å². The summed E-state index contributed by atoms with van der Waals surface area (Å²) in [5.74, 6) is -0.111. The molecule has 134 valence electrons. The van der Waals surface area contributed by atoms with Crippen molar-refractivity contribution >= 4 is 22.4 Å². The number of nitrogens with two attached hydrogens (primary N) is 1. The Balaban J connectivity index is 2.22. The Morgan fingerprint density at radius 3 is 2.88 bits per heavy atom. The number of methoxy groups -OCH3 is 1.